The van der Waals surface area contributed by atoms with Gasteiger partial charge in [0.1, 0.15) is 0 Å². The van der Waals surface area contributed by atoms with Gasteiger partial charge in [0.05, 0.1) is 11.1 Å². The summed E-state index contributed by atoms with van der Waals surface area (Å²) in [5.41, 5.74) is 0.389. The van der Waals surface area contributed by atoms with Crippen molar-refractivity contribution in [2.24, 2.45) is 0 Å². The number of aliphatic hydroxyl groups is 3. The Morgan fingerprint density at radius 1 is 0.810 bits per heavy atom. The van der Waals surface area contributed by atoms with Crippen LogP contribution in [0.4, 0.5) is 0 Å². The number of aromatic carboxylic acids is 2. The summed E-state index contributed by atoms with van der Waals surface area (Å²) in [5.74, 6) is -2.49. The van der Waals surface area contributed by atoms with Crippen molar-refractivity contribution in [1.82, 2.24) is 0 Å². The predicted octanol–water partition coefficient (Wildman–Crippen LogP) is -0.313. The van der Waals surface area contributed by atoms with Gasteiger partial charge in [-0.1, -0.05) is 0 Å². The molecule has 0 aliphatic rings. The lowest BCUT2D eigenvalue weighted by atomic mass is 9.87. The van der Waals surface area contributed by atoms with Crippen LogP contribution in [0.1, 0.15) is 37.4 Å². The van der Waals surface area contributed by atoms with Gasteiger partial charge in [0.15, 0.2) is 0 Å². The SMILES string of the molecule is O=C(O)c1cc(CCO)c(C(=O)O)c(CCO)c1CCO. The van der Waals surface area contributed by atoms with E-state index in [-0.39, 0.29) is 66.9 Å². The molecule has 5 N–H and O–H groups in total. The van der Waals surface area contributed by atoms with Crippen LogP contribution in [0.5, 0.6) is 0 Å². The molecule has 0 saturated carbocycles. The van der Waals surface area contributed by atoms with Crippen molar-refractivity contribution in [2.45, 2.75) is 19.3 Å². The molecule has 0 bridgehead atoms. The Morgan fingerprint density at radius 3 is 1.76 bits per heavy atom. The van der Waals surface area contributed by atoms with Gasteiger partial charge >= 0.3 is 11.9 Å². The summed E-state index contributed by atoms with van der Waals surface area (Å²) in [7, 11) is 0. The number of carbonyl (C=O) groups is 2. The average Bonchev–Trinajstić information content (AvgIpc) is 2.41. The van der Waals surface area contributed by atoms with Gasteiger partial charge in [-0.2, -0.15) is 0 Å². The molecule has 0 radical (unpaired) electrons. The molecule has 1 aromatic carbocycles. The minimum Gasteiger partial charge on any atom is -0.478 e. The fraction of sp³-hybridized carbons (Fsp3) is 0.429. The van der Waals surface area contributed by atoms with E-state index in [2.05, 4.69) is 0 Å². The van der Waals surface area contributed by atoms with Crippen LogP contribution in [0.3, 0.4) is 0 Å². The van der Waals surface area contributed by atoms with Crippen molar-refractivity contribution < 1.29 is 35.1 Å². The second-order valence-corrected chi connectivity index (χ2v) is 4.45. The second-order valence-electron chi connectivity index (χ2n) is 4.45. The van der Waals surface area contributed by atoms with Crippen LogP contribution in [0.25, 0.3) is 0 Å². The highest BCUT2D eigenvalue weighted by Crippen LogP contribution is 2.26. The summed E-state index contributed by atoms with van der Waals surface area (Å²) in [6.07, 6.45) is -0.0487. The van der Waals surface area contributed by atoms with Gasteiger partial charge in [-0.25, -0.2) is 9.59 Å². The topological polar surface area (TPSA) is 135 Å². The van der Waals surface area contributed by atoms with Crippen molar-refractivity contribution in [1.29, 1.82) is 0 Å². The molecule has 116 valence electrons. The maximum atomic E-state index is 11.5. The maximum absolute atomic E-state index is 11.5. The van der Waals surface area contributed by atoms with Crippen molar-refractivity contribution >= 4 is 11.9 Å². The lowest BCUT2D eigenvalue weighted by molar-refractivity contribution is 0.0677. The van der Waals surface area contributed by atoms with Crippen LogP contribution < -0.4 is 0 Å². The normalized spacial score (nSPS) is 10.6. The highest BCUT2D eigenvalue weighted by molar-refractivity contribution is 5.96. The minimum atomic E-state index is -1.25. The standard InChI is InChI=1S/C14H18O7/c15-4-1-8-7-11(13(18)19)9(2-5-16)10(3-6-17)12(8)14(20)21/h7,15-17H,1-6H2,(H,18,19)(H,20,21). The quantitative estimate of drug-likeness (QED) is 0.444. The molecular weight excluding hydrogens is 280 g/mol. The molecule has 0 saturated heterocycles. The molecule has 7 nitrogen and oxygen atoms in total. The summed E-state index contributed by atoms with van der Waals surface area (Å²) in [6, 6.07) is 1.22. The van der Waals surface area contributed by atoms with E-state index in [0.717, 1.165) is 0 Å². The summed E-state index contributed by atoms with van der Waals surface area (Å²) < 4.78 is 0. The number of carboxylic acids is 2. The zero-order chi connectivity index (χ0) is 16.0. The fourth-order valence-electron chi connectivity index (χ4n) is 2.40. The summed E-state index contributed by atoms with van der Waals surface area (Å²) >= 11 is 0. The Hall–Kier alpha value is -1.96. The van der Waals surface area contributed by atoms with Crippen molar-refractivity contribution in [3.8, 4) is 0 Å². The fourth-order valence-corrected chi connectivity index (χ4v) is 2.40. The molecule has 0 atom stereocenters. The number of hydrogen-bond donors (Lipinski definition) is 5. The van der Waals surface area contributed by atoms with Crippen LogP contribution in [-0.2, 0) is 19.3 Å². The maximum Gasteiger partial charge on any atom is 0.336 e. The van der Waals surface area contributed by atoms with Gasteiger partial charge in [0, 0.05) is 19.8 Å². The molecule has 0 aliphatic heterocycles. The van der Waals surface area contributed by atoms with Crippen LogP contribution >= 0.6 is 0 Å². The number of carboxylic acid groups (broad SMARTS) is 2. The molecule has 0 amide bonds. The molecule has 1 rings (SSSR count). The monoisotopic (exact) mass is 298 g/mol. The van der Waals surface area contributed by atoms with Crippen molar-refractivity contribution in [3.63, 3.8) is 0 Å². The first-order chi connectivity index (χ1) is 9.97. The van der Waals surface area contributed by atoms with E-state index in [1.165, 1.54) is 6.07 Å². The third-order valence-corrected chi connectivity index (χ3v) is 3.18. The molecule has 0 fully saturated rings. The molecule has 0 heterocycles. The molecule has 0 aromatic heterocycles. The van der Waals surface area contributed by atoms with E-state index < -0.39 is 11.9 Å². The van der Waals surface area contributed by atoms with Crippen molar-refractivity contribution in [3.05, 3.63) is 33.9 Å². The van der Waals surface area contributed by atoms with E-state index in [4.69, 9.17) is 15.3 Å². The summed E-state index contributed by atoms with van der Waals surface area (Å²) in [6.45, 7) is -1.01. The molecule has 7 heteroatoms. The largest absolute Gasteiger partial charge is 0.478 e. The third-order valence-electron chi connectivity index (χ3n) is 3.18. The zero-order valence-corrected chi connectivity index (χ0v) is 11.4. The van der Waals surface area contributed by atoms with E-state index in [1.807, 2.05) is 0 Å². The Balaban J connectivity index is 3.69. The van der Waals surface area contributed by atoms with E-state index >= 15 is 0 Å². The number of aliphatic hydroxyl groups excluding tert-OH is 3. The van der Waals surface area contributed by atoms with Gasteiger partial charge in [0.25, 0.3) is 0 Å². The first-order valence-electron chi connectivity index (χ1n) is 6.44. The van der Waals surface area contributed by atoms with Gasteiger partial charge in [-0.3, -0.25) is 0 Å². The molecule has 0 spiro atoms. The van der Waals surface area contributed by atoms with Crippen LogP contribution in [0.2, 0.25) is 0 Å². The summed E-state index contributed by atoms with van der Waals surface area (Å²) in [5, 5.41) is 45.8. The molecular formula is C14H18O7. The first-order valence-corrected chi connectivity index (χ1v) is 6.44. The Kier molecular flexibility index (Phi) is 6.29. The zero-order valence-electron chi connectivity index (χ0n) is 11.4. The van der Waals surface area contributed by atoms with Gasteiger partial charge < -0.3 is 25.5 Å². The Labute approximate surface area is 121 Å². The van der Waals surface area contributed by atoms with Crippen LogP contribution in [-0.4, -0.2) is 57.3 Å². The first kappa shape index (κ1) is 17.1. The number of rotatable bonds is 8. The lowest BCUT2D eigenvalue weighted by Gasteiger charge is -2.18. The van der Waals surface area contributed by atoms with Crippen molar-refractivity contribution in [2.75, 3.05) is 19.8 Å². The highest BCUT2D eigenvalue weighted by Gasteiger charge is 2.24. The third kappa shape index (κ3) is 3.78. The Morgan fingerprint density at radius 2 is 1.33 bits per heavy atom. The van der Waals surface area contributed by atoms with Crippen LogP contribution in [0.15, 0.2) is 6.07 Å². The smallest absolute Gasteiger partial charge is 0.336 e. The van der Waals surface area contributed by atoms with E-state index in [1.54, 1.807) is 0 Å². The van der Waals surface area contributed by atoms with E-state index in [0.29, 0.717) is 0 Å². The van der Waals surface area contributed by atoms with Crippen LogP contribution in [0, 0.1) is 0 Å². The predicted molar refractivity (Wildman–Crippen MR) is 72.7 cm³/mol. The van der Waals surface area contributed by atoms with Gasteiger partial charge in [-0.15, -0.1) is 0 Å². The molecule has 1 aromatic rings. The molecule has 0 aliphatic carbocycles. The highest BCUT2D eigenvalue weighted by atomic mass is 16.4. The minimum absolute atomic E-state index is 0.000251. The lowest BCUT2D eigenvalue weighted by Crippen LogP contribution is -2.17. The van der Waals surface area contributed by atoms with Gasteiger partial charge in [-0.05, 0) is 42.0 Å². The Bertz CT molecular complexity index is 537. The molecule has 0 unspecified atom stereocenters. The summed E-state index contributed by atoms with van der Waals surface area (Å²) in [4.78, 5) is 22.8. The number of benzene rings is 1. The second kappa shape index (κ2) is 7.72. The number of hydrogen-bond acceptors (Lipinski definition) is 5. The van der Waals surface area contributed by atoms with Gasteiger partial charge in [0.2, 0.25) is 0 Å². The molecule has 21 heavy (non-hydrogen) atoms. The average molecular weight is 298 g/mol. The van der Waals surface area contributed by atoms with E-state index in [9.17, 15) is 19.8 Å².